The quantitative estimate of drug-likeness (QED) is 0.744. The van der Waals surface area contributed by atoms with Crippen molar-refractivity contribution >= 4 is 5.91 Å². The molecule has 0 fully saturated rings. The zero-order chi connectivity index (χ0) is 13.6. The zero-order valence-corrected chi connectivity index (χ0v) is 12.6. The summed E-state index contributed by atoms with van der Waals surface area (Å²) < 4.78 is 0. The lowest BCUT2D eigenvalue weighted by atomic mass is 9.99. The Hall–Kier alpha value is -0.570. The predicted molar refractivity (Wildman–Crippen MR) is 74.0 cm³/mol. The first-order valence-corrected chi connectivity index (χ1v) is 6.71. The van der Waals surface area contributed by atoms with Crippen LogP contribution < -0.4 is 5.32 Å². The van der Waals surface area contributed by atoms with Crippen molar-refractivity contribution in [2.45, 2.75) is 59.5 Å². The molecule has 0 saturated carbocycles. The number of rotatable bonds is 7. The average molecular weight is 242 g/mol. The van der Waals surface area contributed by atoms with Crippen LogP contribution in [0.25, 0.3) is 0 Å². The smallest absolute Gasteiger partial charge is 0.239 e. The van der Waals surface area contributed by atoms with Crippen molar-refractivity contribution in [2.75, 3.05) is 14.1 Å². The van der Waals surface area contributed by atoms with E-state index in [0.717, 1.165) is 12.8 Å². The first-order chi connectivity index (χ1) is 7.73. The molecule has 0 aromatic carbocycles. The van der Waals surface area contributed by atoms with Crippen molar-refractivity contribution in [3.8, 4) is 0 Å². The first kappa shape index (κ1) is 16.4. The van der Waals surface area contributed by atoms with Gasteiger partial charge in [-0.1, -0.05) is 27.7 Å². The van der Waals surface area contributed by atoms with Crippen LogP contribution >= 0.6 is 0 Å². The predicted octanol–water partition coefficient (Wildman–Crippen LogP) is 2.51. The Morgan fingerprint density at radius 2 is 1.47 bits per heavy atom. The molecule has 1 amide bonds. The van der Waals surface area contributed by atoms with Crippen LogP contribution in [0, 0.1) is 11.8 Å². The molecule has 0 aliphatic rings. The minimum Gasteiger partial charge on any atom is -0.347 e. The zero-order valence-electron chi connectivity index (χ0n) is 12.6. The molecule has 17 heavy (non-hydrogen) atoms. The van der Waals surface area contributed by atoms with Gasteiger partial charge in [0, 0.05) is 20.1 Å². The lowest BCUT2D eigenvalue weighted by molar-refractivity contribution is -0.131. The van der Waals surface area contributed by atoms with E-state index in [1.54, 1.807) is 4.90 Å². The fourth-order valence-corrected chi connectivity index (χ4v) is 2.14. The van der Waals surface area contributed by atoms with Crippen LogP contribution in [-0.2, 0) is 4.79 Å². The Morgan fingerprint density at radius 1 is 1.00 bits per heavy atom. The van der Waals surface area contributed by atoms with Gasteiger partial charge in [0.1, 0.15) is 0 Å². The Bertz CT molecular complexity index is 224. The summed E-state index contributed by atoms with van der Waals surface area (Å²) in [7, 11) is 3.65. The minimum absolute atomic E-state index is 0.0428. The van der Waals surface area contributed by atoms with Crippen LogP contribution in [0.5, 0.6) is 0 Å². The van der Waals surface area contributed by atoms with Crippen molar-refractivity contribution in [3.05, 3.63) is 0 Å². The second-order valence-corrected chi connectivity index (χ2v) is 6.11. The standard InChI is InChI=1S/C14H30N2O/c1-10(2)8-12(5)15-13(9-11(3)4)14(17)16(6)7/h10-13,15H,8-9H2,1-7H3. The molecule has 0 radical (unpaired) electrons. The van der Waals surface area contributed by atoms with E-state index in [1.807, 2.05) is 14.1 Å². The number of nitrogens with zero attached hydrogens (tertiary/aromatic N) is 1. The van der Waals surface area contributed by atoms with E-state index in [0.29, 0.717) is 17.9 Å². The monoisotopic (exact) mass is 242 g/mol. The lowest BCUT2D eigenvalue weighted by Gasteiger charge is -2.27. The summed E-state index contributed by atoms with van der Waals surface area (Å²) in [6.07, 6.45) is 2.01. The van der Waals surface area contributed by atoms with E-state index in [1.165, 1.54) is 0 Å². The van der Waals surface area contributed by atoms with Gasteiger partial charge in [-0.2, -0.15) is 0 Å². The number of nitrogens with one attached hydrogen (secondary N) is 1. The highest BCUT2D eigenvalue weighted by molar-refractivity contribution is 5.81. The van der Waals surface area contributed by atoms with E-state index < -0.39 is 0 Å². The fourth-order valence-electron chi connectivity index (χ4n) is 2.14. The van der Waals surface area contributed by atoms with E-state index in [-0.39, 0.29) is 11.9 Å². The molecule has 2 unspecified atom stereocenters. The summed E-state index contributed by atoms with van der Waals surface area (Å²) in [5.41, 5.74) is 0. The Labute approximate surface area is 107 Å². The highest BCUT2D eigenvalue weighted by Crippen LogP contribution is 2.10. The van der Waals surface area contributed by atoms with Crippen molar-refractivity contribution in [1.29, 1.82) is 0 Å². The van der Waals surface area contributed by atoms with E-state index >= 15 is 0 Å². The third-order valence-corrected chi connectivity index (χ3v) is 2.76. The number of likely N-dealkylation sites (N-methyl/N-ethyl adjacent to an activating group) is 1. The molecule has 3 heteroatoms. The van der Waals surface area contributed by atoms with Crippen LogP contribution in [0.4, 0.5) is 0 Å². The molecule has 0 saturated heterocycles. The minimum atomic E-state index is -0.0428. The van der Waals surface area contributed by atoms with Crippen LogP contribution in [0.2, 0.25) is 0 Å². The summed E-state index contributed by atoms with van der Waals surface area (Å²) in [6, 6.07) is 0.349. The van der Waals surface area contributed by atoms with Gasteiger partial charge >= 0.3 is 0 Å². The fraction of sp³-hybridized carbons (Fsp3) is 0.929. The Kier molecular flexibility index (Phi) is 7.44. The van der Waals surface area contributed by atoms with Crippen LogP contribution in [0.1, 0.15) is 47.5 Å². The maximum atomic E-state index is 12.1. The first-order valence-electron chi connectivity index (χ1n) is 6.71. The Balaban J connectivity index is 4.43. The van der Waals surface area contributed by atoms with Gasteiger partial charge in [-0.15, -0.1) is 0 Å². The van der Waals surface area contributed by atoms with Gasteiger partial charge in [0.05, 0.1) is 6.04 Å². The lowest BCUT2D eigenvalue weighted by Crippen LogP contribution is -2.48. The third-order valence-electron chi connectivity index (χ3n) is 2.76. The molecule has 2 atom stereocenters. The summed E-state index contributed by atoms with van der Waals surface area (Å²) in [6.45, 7) is 10.9. The topological polar surface area (TPSA) is 32.3 Å². The second kappa shape index (κ2) is 7.70. The van der Waals surface area contributed by atoms with Gasteiger partial charge in [-0.25, -0.2) is 0 Å². The molecule has 3 nitrogen and oxygen atoms in total. The maximum absolute atomic E-state index is 12.1. The van der Waals surface area contributed by atoms with Gasteiger partial charge in [-0.05, 0) is 31.6 Å². The third kappa shape index (κ3) is 7.37. The number of amides is 1. The molecule has 0 aliphatic carbocycles. The van der Waals surface area contributed by atoms with Crippen LogP contribution in [0.3, 0.4) is 0 Å². The summed E-state index contributed by atoms with van der Waals surface area (Å²) in [4.78, 5) is 13.7. The number of carbonyl (C=O) groups excluding carboxylic acids is 1. The maximum Gasteiger partial charge on any atom is 0.239 e. The SMILES string of the molecule is CC(C)CC(C)NC(CC(C)C)C(=O)N(C)C. The number of carbonyl (C=O) groups is 1. The molecule has 0 aliphatic heterocycles. The average Bonchev–Trinajstić information content (AvgIpc) is 2.13. The highest BCUT2D eigenvalue weighted by Gasteiger charge is 2.22. The van der Waals surface area contributed by atoms with Gasteiger partial charge in [-0.3, -0.25) is 4.79 Å². The summed E-state index contributed by atoms with van der Waals surface area (Å²) in [5.74, 6) is 1.38. The molecule has 1 N–H and O–H groups in total. The normalized spacial score (nSPS) is 15.1. The summed E-state index contributed by atoms with van der Waals surface area (Å²) >= 11 is 0. The van der Waals surface area contributed by atoms with Crippen molar-refractivity contribution < 1.29 is 4.79 Å². The van der Waals surface area contributed by atoms with Gasteiger partial charge in [0.25, 0.3) is 0 Å². The molecule has 0 rings (SSSR count). The van der Waals surface area contributed by atoms with Gasteiger partial charge < -0.3 is 10.2 Å². The van der Waals surface area contributed by atoms with E-state index in [9.17, 15) is 4.79 Å². The molecule has 102 valence electrons. The number of hydrogen-bond donors (Lipinski definition) is 1. The molecular weight excluding hydrogens is 212 g/mol. The van der Waals surface area contributed by atoms with Gasteiger partial charge in [0.15, 0.2) is 0 Å². The van der Waals surface area contributed by atoms with E-state index in [2.05, 4.69) is 39.9 Å². The molecule has 0 aromatic rings. The molecule has 0 aromatic heterocycles. The largest absolute Gasteiger partial charge is 0.347 e. The second-order valence-electron chi connectivity index (χ2n) is 6.11. The van der Waals surface area contributed by atoms with Crippen molar-refractivity contribution in [3.63, 3.8) is 0 Å². The number of hydrogen-bond acceptors (Lipinski definition) is 2. The Morgan fingerprint density at radius 3 is 1.82 bits per heavy atom. The van der Waals surface area contributed by atoms with Crippen LogP contribution in [-0.4, -0.2) is 37.0 Å². The van der Waals surface area contributed by atoms with Crippen molar-refractivity contribution in [1.82, 2.24) is 10.2 Å². The molecule has 0 bridgehead atoms. The molecule has 0 heterocycles. The molecular formula is C14H30N2O. The van der Waals surface area contributed by atoms with Crippen molar-refractivity contribution in [2.24, 2.45) is 11.8 Å². The van der Waals surface area contributed by atoms with Gasteiger partial charge in [0.2, 0.25) is 5.91 Å². The summed E-state index contributed by atoms with van der Waals surface area (Å²) in [5, 5.41) is 3.47. The van der Waals surface area contributed by atoms with Crippen LogP contribution in [0.15, 0.2) is 0 Å². The molecule has 0 spiro atoms. The highest BCUT2D eigenvalue weighted by atomic mass is 16.2. The van der Waals surface area contributed by atoms with E-state index in [4.69, 9.17) is 0 Å².